The quantitative estimate of drug-likeness (QED) is 0.406. The molecule has 0 radical (unpaired) electrons. The SMILES string of the molecule is Cc1ccc(-c2nn(CCC(=O)Nc3ccc4c(c3)nc3n4CCOC3)c(=O)c3ccccc23)cc1. The standard InChI is InChI=1S/C28H25N5O3/c1-18-6-8-19(9-7-18)27-21-4-2-3-5-22(21)28(35)33(31-27)13-12-26(34)29-20-10-11-24-23(16-20)30-25-17-36-15-14-32(24)25/h2-11,16H,12-15,17H2,1H3,(H,29,34). The zero-order valence-corrected chi connectivity index (χ0v) is 19.9. The molecule has 36 heavy (non-hydrogen) atoms. The maximum absolute atomic E-state index is 13.1. The molecule has 3 aromatic carbocycles. The Morgan fingerprint density at radius 2 is 1.86 bits per heavy atom. The first kappa shape index (κ1) is 22.2. The van der Waals surface area contributed by atoms with Crippen LogP contribution in [0.25, 0.3) is 33.1 Å². The van der Waals surface area contributed by atoms with Crippen molar-refractivity contribution < 1.29 is 9.53 Å². The highest BCUT2D eigenvalue weighted by Crippen LogP contribution is 2.25. The van der Waals surface area contributed by atoms with Crippen LogP contribution in [0, 0.1) is 6.92 Å². The number of anilines is 1. The minimum Gasteiger partial charge on any atom is -0.372 e. The number of carbonyl (C=O) groups is 1. The second-order valence-corrected chi connectivity index (χ2v) is 9.02. The number of amides is 1. The molecule has 8 heteroatoms. The van der Waals surface area contributed by atoms with Gasteiger partial charge in [-0.3, -0.25) is 9.59 Å². The minimum absolute atomic E-state index is 0.115. The molecule has 2 aromatic heterocycles. The molecule has 1 aliphatic heterocycles. The monoisotopic (exact) mass is 479 g/mol. The number of fused-ring (bicyclic) bond motifs is 4. The van der Waals surface area contributed by atoms with Crippen LogP contribution in [0.15, 0.2) is 71.5 Å². The van der Waals surface area contributed by atoms with Crippen molar-refractivity contribution in [3.8, 4) is 11.3 Å². The molecule has 8 nitrogen and oxygen atoms in total. The first-order valence-corrected chi connectivity index (χ1v) is 12.0. The van der Waals surface area contributed by atoms with Gasteiger partial charge in [0.05, 0.1) is 35.3 Å². The Morgan fingerprint density at radius 1 is 1.06 bits per heavy atom. The highest BCUT2D eigenvalue weighted by atomic mass is 16.5. The second-order valence-electron chi connectivity index (χ2n) is 9.02. The summed E-state index contributed by atoms with van der Waals surface area (Å²) in [4.78, 5) is 30.5. The van der Waals surface area contributed by atoms with E-state index >= 15 is 0 Å². The zero-order valence-electron chi connectivity index (χ0n) is 19.9. The van der Waals surface area contributed by atoms with E-state index in [4.69, 9.17) is 4.74 Å². The fraction of sp³-hybridized carbons (Fsp3) is 0.214. The summed E-state index contributed by atoms with van der Waals surface area (Å²) in [7, 11) is 0. The Morgan fingerprint density at radius 3 is 2.69 bits per heavy atom. The van der Waals surface area contributed by atoms with Crippen molar-refractivity contribution in [2.45, 2.75) is 33.0 Å². The van der Waals surface area contributed by atoms with Gasteiger partial charge >= 0.3 is 0 Å². The van der Waals surface area contributed by atoms with Gasteiger partial charge in [0.2, 0.25) is 5.91 Å². The Labute approximate surface area is 207 Å². The topological polar surface area (TPSA) is 91.0 Å². The number of imidazole rings is 1. The van der Waals surface area contributed by atoms with Crippen molar-refractivity contribution in [2.24, 2.45) is 0 Å². The molecule has 0 aliphatic carbocycles. The Kier molecular flexibility index (Phi) is 5.58. The van der Waals surface area contributed by atoms with Crippen LogP contribution in [-0.2, 0) is 29.2 Å². The highest BCUT2D eigenvalue weighted by Gasteiger charge is 2.16. The van der Waals surface area contributed by atoms with Gasteiger partial charge in [0.25, 0.3) is 5.56 Å². The Balaban J connectivity index is 1.24. The summed E-state index contributed by atoms with van der Waals surface area (Å²) >= 11 is 0. The third kappa shape index (κ3) is 4.05. The van der Waals surface area contributed by atoms with Crippen molar-refractivity contribution in [2.75, 3.05) is 11.9 Å². The lowest BCUT2D eigenvalue weighted by molar-refractivity contribution is -0.116. The lowest BCUT2D eigenvalue weighted by atomic mass is 10.0. The van der Waals surface area contributed by atoms with Crippen LogP contribution < -0.4 is 10.9 Å². The summed E-state index contributed by atoms with van der Waals surface area (Å²) in [5, 5.41) is 8.97. The van der Waals surface area contributed by atoms with Crippen LogP contribution in [0.2, 0.25) is 0 Å². The maximum Gasteiger partial charge on any atom is 0.274 e. The molecule has 1 aliphatic rings. The van der Waals surface area contributed by atoms with Gasteiger partial charge in [-0.2, -0.15) is 5.10 Å². The van der Waals surface area contributed by atoms with Gasteiger partial charge in [0, 0.05) is 29.6 Å². The normalized spacial score (nSPS) is 13.1. The van der Waals surface area contributed by atoms with Crippen LogP contribution in [0.4, 0.5) is 5.69 Å². The van der Waals surface area contributed by atoms with E-state index in [1.54, 1.807) is 6.07 Å². The van der Waals surface area contributed by atoms with Gasteiger partial charge in [-0.25, -0.2) is 9.67 Å². The summed E-state index contributed by atoms with van der Waals surface area (Å²) < 4.78 is 9.02. The first-order valence-electron chi connectivity index (χ1n) is 12.0. The fourth-order valence-corrected chi connectivity index (χ4v) is 4.68. The van der Waals surface area contributed by atoms with Gasteiger partial charge in [0.15, 0.2) is 0 Å². The van der Waals surface area contributed by atoms with Gasteiger partial charge < -0.3 is 14.6 Å². The average molecular weight is 480 g/mol. The number of benzene rings is 3. The van der Waals surface area contributed by atoms with Crippen LogP contribution >= 0.6 is 0 Å². The van der Waals surface area contributed by atoms with Gasteiger partial charge in [-0.15, -0.1) is 0 Å². The molecule has 0 saturated heterocycles. The number of aryl methyl sites for hydroxylation is 2. The second kappa shape index (κ2) is 9.05. The van der Waals surface area contributed by atoms with Crippen LogP contribution in [0.5, 0.6) is 0 Å². The molecule has 0 bridgehead atoms. The van der Waals surface area contributed by atoms with Crippen molar-refractivity contribution >= 4 is 33.4 Å². The largest absolute Gasteiger partial charge is 0.372 e. The Hall–Kier alpha value is -4.30. The number of ether oxygens (including phenoxy) is 1. The lowest BCUT2D eigenvalue weighted by Crippen LogP contribution is -2.26. The molecule has 1 amide bonds. The molecule has 0 fully saturated rings. The molecule has 0 unspecified atom stereocenters. The fourth-order valence-electron chi connectivity index (χ4n) is 4.68. The minimum atomic E-state index is -0.207. The van der Waals surface area contributed by atoms with Crippen LogP contribution in [-0.4, -0.2) is 31.8 Å². The van der Waals surface area contributed by atoms with Gasteiger partial charge in [-0.05, 0) is 31.2 Å². The third-order valence-electron chi connectivity index (χ3n) is 6.54. The number of hydrogen-bond acceptors (Lipinski definition) is 5. The molecule has 1 N–H and O–H groups in total. The lowest BCUT2D eigenvalue weighted by Gasteiger charge is -2.14. The molecular formula is C28H25N5O3. The van der Waals surface area contributed by atoms with E-state index in [0.717, 1.165) is 45.6 Å². The molecule has 5 aromatic rings. The van der Waals surface area contributed by atoms with E-state index in [0.29, 0.717) is 24.3 Å². The van der Waals surface area contributed by atoms with Crippen molar-refractivity contribution in [1.29, 1.82) is 0 Å². The smallest absolute Gasteiger partial charge is 0.274 e. The zero-order chi connectivity index (χ0) is 24.6. The predicted molar refractivity (Wildman–Crippen MR) is 139 cm³/mol. The molecule has 6 rings (SSSR count). The van der Waals surface area contributed by atoms with Crippen molar-refractivity contribution in [1.82, 2.24) is 19.3 Å². The molecule has 0 atom stereocenters. The molecule has 3 heterocycles. The summed E-state index contributed by atoms with van der Waals surface area (Å²) in [6, 6.07) is 21.2. The van der Waals surface area contributed by atoms with E-state index in [1.165, 1.54) is 4.68 Å². The Bertz CT molecular complexity index is 1670. The average Bonchev–Trinajstić information content (AvgIpc) is 3.27. The molecule has 0 spiro atoms. The van der Waals surface area contributed by atoms with E-state index in [9.17, 15) is 9.59 Å². The van der Waals surface area contributed by atoms with Crippen molar-refractivity contribution in [3.63, 3.8) is 0 Å². The van der Waals surface area contributed by atoms with Gasteiger partial charge in [-0.1, -0.05) is 48.0 Å². The predicted octanol–water partition coefficient (Wildman–Crippen LogP) is 4.28. The van der Waals surface area contributed by atoms with E-state index in [1.807, 2.05) is 67.6 Å². The molecular weight excluding hydrogens is 454 g/mol. The number of hydrogen-bond donors (Lipinski definition) is 1. The van der Waals surface area contributed by atoms with E-state index < -0.39 is 0 Å². The number of aromatic nitrogens is 4. The van der Waals surface area contributed by atoms with E-state index in [2.05, 4.69) is 20.0 Å². The summed E-state index contributed by atoms with van der Waals surface area (Å²) in [5.74, 6) is 0.700. The number of nitrogens with one attached hydrogen (secondary N) is 1. The molecule has 0 saturated carbocycles. The maximum atomic E-state index is 13.1. The summed E-state index contributed by atoms with van der Waals surface area (Å²) in [6.45, 7) is 4.14. The summed E-state index contributed by atoms with van der Waals surface area (Å²) in [5.41, 5.74) is 5.12. The van der Waals surface area contributed by atoms with Crippen molar-refractivity contribution in [3.05, 3.63) is 88.5 Å². The third-order valence-corrected chi connectivity index (χ3v) is 6.54. The van der Waals surface area contributed by atoms with Gasteiger partial charge in [0.1, 0.15) is 12.4 Å². The van der Waals surface area contributed by atoms with E-state index in [-0.39, 0.29) is 24.4 Å². The number of nitrogens with zero attached hydrogens (tertiary/aromatic N) is 4. The summed E-state index contributed by atoms with van der Waals surface area (Å²) in [6.07, 6.45) is 0.115. The number of rotatable bonds is 5. The highest BCUT2D eigenvalue weighted by molar-refractivity contribution is 5.94. The first-order chi connectivity index (χ1) is 17.6. The number of carbonyl (C=O) groups excluding carboxylic acids is 1. The molecule has 180 valence electrons. The van der Waals surface area contributed by atoms with Crippen LogP contribution in [0.3, 0.4) is 0 Å². The van der Waals surface area contributed by atoms with Crippen LogP contribution in [0.1, 0.15) is 17.8 Å².